The van der Waals surface area contributed by atoms with E-state index in [1.807, 2.05) is 7.05 Å². The molecule has 78 valence electrons. The highest BCUT2D eigenvalue weighted by atomic mass is 32.1. The van der Waals surface area contributed by atoms with Crippen LogP contribution in [0.5, 0.6) is 0 Å². The zero-order chi connectivity index (χ0) is 10.8. The molecule has 0 aliphatic rings. The molecule has 0 aliphatic heterocycles. The highest BCUT2D eigenvalue weighted by Gasteiger charge is 2.11. The summed E-state index contributed by atoms with van der Waals surface area (Å²) < 4.78 is 8.53. The second-order valence-electron chi connectivity index (χ2n) is 3.46. The van der Waals surface area contributed by atoms with Crippen molar-refractivity contribution in [3.8, 4) is 11.3 Å². The molecule has 1 heterocycles. The van der Waals surface area contributed by atoms with Crippen LogP contribution in [-0.2, 0) is 0 Å². The maximum Gasteiger partial charge on any atom is 0.167 e. The summed E-state index contributed by atoms with van der Waals surface area (Å²) in [6.45, 7) is 4.22. The Hall–Kier alpha value is -1.42. The predicted octanol–water partition coefficient (Wildman–Crippen LogP) is 2.86. The third-order valence-corrected chi connectivity index (χ3v) is 3.11. The van der Waals surface area contributed by atoms with Gasteiger partial charge in [0, 0.05) is 12.6 Å². The molecule has 0 unspecified atom stereocenters. The van der Waals surface area contributed by atoms with Gasteiger partial charge >= 0.3 is 0 Å². The summed E-state index contributed by atoms with van der Waals surface area (Å²) in [4.78, 5) is 0. The van der Waals surface area contributed by atoms with Crippen molar-refractivity contribution in [2.24, 2.45) is 0 Å². The Morgan fingerprint density at radius 3 is 2.73 bits per heavy atom. The number of hydrogen-bond acceptors (Lipinski definition) is 4. The van der Waals surface area contributed by atoms with Gasteiger partial charge in [0.1, 0.15) is 5.69 Å². The summed E-state index contributed by atoms with van der Waals surface area (Å²) in [7, 11) is 1.87. The van der Waals surface area contributed by atoms with Crippen LogP contribution in [0, 0.1) is 13.8 Å². The number of hydrogen-bond donors (Lipinski definition) is 1. The lowest BCUT2D eigenvalue weighted by molar-refractivity contribution is 1.32. The number of benzene rings is 1. The van der Waals surface area contributed by atoms with Gasteiger partial charge in [0.15, 0.2) is 5.82 Å². The van der Waals surface area contributed by atoms with Gasteiger partial charge in [0.2, 0.25) is 0 Å². The quantitative estimate of drug-likeness (QED) is 0.844. The van der Waals surface area contributed by atoms with Gasteiger partial charge in [-0.05, 0) is 25.0 Å². The fourth-order valence-corrected chi connectivity index (χ4v) is 2.10. The van der Waals surface area contributed by atoms with Gasteiger partial charge in [-0.25, -0.2) is 0 Å². The van der Waals surface area contributed by atoms with Crippen LogP contribution < -0.4 is 5.32 Å². The molecule has 0 bridgehead atoms. The lowest BCUT2D eigenvalue weighted by Gasteiger charge is -2.06. The fourth-order valence-electron chi connectivity index (χ4n) is 1.54. The van der Waals surface area contributed by atoms with Gasteiger partial charge in [-0.2, -0.15) is 8.75 Å². The largest absolute Gasteiger partial charge is 0.370 e. The molecule has 0 saturated heterocycles. The molecule has 0 amide bonds. The van der Waals surface area contributed by atoms with Gasteiger partial charge in [-0.1, -0.05) is 18.2 Å². The zero-order valence-electron chi connectivity index (χ0n) is 9.03. The summed E-state index contributed by atoms with van der Waals surface area (Å²) >= 11 is 1.24. The molecule has 1 aromatic heterocycles. The molecule has 3 nitrogen and oxygen atoms in total. The summed E-state index contributed by atoms with van der Waals surface area (Å²) in [5, 5.41) is 3.06. The summed E-state index contributed by atoms with van der Waals surface area (Å²) in [6.07, 6.45) is 0. The molecule has 0 fully saturated rings. The summed E-state index contributed by atoms with van der Waals surface area (Å²) in [5.74, 6) is 0.855. The molecule has 0 saturated carbocycles. The van der Waals surface area contributed by atoms with Crippen molar-refractivity contribution >= 4 is 17.5 Å². The number of aromatic nitrogens is 2. The lowest BCUT2D eigenvalue weighted by Crippen LogP contribution is -1.93. The Labute approximate surface area is 93.5 Å². The van der Waals surface area contributed by atoms with Crippen molar-refractivity contribution in [1.82, 2.24) is 8.75 Å². The van der Waals surface area contributed by atoms with E-state index in [9.17, 15) is 0 Å². The molecule has 15 heavy (non-hydrogen) atoms. The molecule has 0 aliphatic carbocycles. The Balaban J connectivity index is 2.59. The van der Waals surface area contributed by atoms with Crippen LogP contribution in [0.15, 0.2) is 18.2 Å². The SMILES string of the molecule is CNc1nsnc1-c1cccc(C)c1C. The summed E-state index contributed by atoms with van der Waals surface area (Å²) in [6, 6.07) is 6.24. The maximum atomic E-state index is 4.33. The maximum absolute atomic E-state index is 4.33. The third kappa shape index (κ3) is 1.72. The van der Waals surface area contributed by atoms with E-state index in [1.165, 1.54) is 22.9 Å². The van der Waals surface area contributed by atoms with E-state index >= 15 is 0 Å². The van der Waals surface area contributed by atoms with Crippen molar-refractivity contribution < 1.29 is 0 Å². The minimum Gasteiger partial charge on any atom is -0.370 e. The van der Waals surface area contributed by atoms with E-state index < -0.39 is 0 Å². The van der Waals surface area contributed by atoms with Crippen molar-refractivity contribution in [1.29, 1.82) is 0 Å². The molecule has 0 atom stereocenters. The van der Waals surface area contributed by atoms with Gasteiger partial charge in [-0.15, -0.1) is 0 Å². The van der Waals surface area contributed by atoms with Crippen molar-refractivity contribution in [2.75, 3.05) is 12.4 Å². The van der Waals surface area contributed by atoms with E-state index in [0.717, 1.165) is 17.1 Å². The van der Waals surface area contributed by atoms with Gasteiger partial charge in [0.25, 0.3) is 0 Å². The molecular weight excluding hydrogens is 206 g/mol. The lowest BCUT2D eigenvalue weighted by atomic mass is 10.0. The average molecular weight is 219 g/mol. The van der Waals surface area contributed by atoms with E-state index in [0.29, 0.717) is 0 Å². The van der Waals surface area contributed by atoms with E-state index in [1.54, 1.807) is 0 Å². The number of rotatable bonds is 2. The highest BCUT2D eigenvalue weighted by Crippen LogP contribution is 2.29. The van der Waals surface area contributed by atoms with E-state index in [4.69, 9.17) is 0 Å². The van der Waals surface area contributed by atoms with Crippen LogP contribution >= 0.6 is 11.7 Å². The molecule has 0 spiro atoms. The number of nitrogens with one attached hydrogen (secondary N) is 1. The molecule has 2 rings (SSSR count). The fraction of sp³-hybridized carbons (Fsp3) is 0.273. The molecule has 1 N–H and O–H groups in total. The Morgan fingerprint density at radius 1 is 1.20 bits per heavy atom. The van der Waals surface area contributed by atoms with Crippen LogP contribution in [-0.4, -0.2) is 15.8 Å². The third-order valence-electron chi connectivity index (χ3n) is 2.59. The van der Waals surface area contributed by atoms with E-state index in [2.05, 4.69) is 46.1 Å². The first kappa shape index (κ1) is 10.1. The summed E-state index contributed by atoms with van der Waals surface area (Å²) in [5.41, 5.74) is 4.65. The zero-order valence-corrected chi connectivity index (χ0v) is 9.85. The number of aryl methyl sites for hydroxylation is 1. The van der Waals surface area contributed by atoms with Crippen molar-refractivity contribution in [3.63, 3.8) is 0 Å². The molecule has 0 radical (unpaired) electrons. The van der Waals surface area contributed by atoms with Crippen LogP contribution in [0.25, 0.3) is 11.3 Å². The van der Waals surface area contributed by atoms with Crippen LogP contribution in [0.2, 0.25) is 0 Å². The van der Waals surface area contributed by atoms with Crippen molar-refractivity contribution in [3.05, 3.63) is 29.3 Å². The van der Waals surface area contributed by atoms with Crippen LogP contribution in [0.3, 0.4) is 0 Å². The second-order valence-corrected chi connectivity index (χ2v) is 3.99. The monoisotopic (exact) mass is 219 g/mol. The van der Waals surface area contributed by atoms with Gasteiger partial charge in [0.05, 0.1) is 11.7 Å². The average Bonchev–Trinajstić information content (AvgIpc) is 2.70. The van der Waals surface area contributed by atoms with Crippen LogP contribution in [0.1, 0.15) is 11.1 Å². The Kier molecular flexibility index (Phi) is 2.68. The number of nitrogens with zero attached hydrogens (tertiary/aromatic N) is 2. The second kappa shape index (κ2) is 3.98. The normalized spacial score (nSPS) is 10.3. The standard InChI is InChI=1S/C11H13N3S/c1-7-5-4-6-9(8(7)2)10-11(12-3)14-15-13-10/h4-6H,1-3H3,(H,12,14). The predicted molar refractivity (Wildman–Crippen MR) is 64.4 cm³/mol. The van der Waals surface area contributed by atoms with E-state index in [-0.39, 0.29) is 0 Å². The minimum absolute atomic E-state index is 0.855. The first-order valence-electron chi connectivity index (χ1n) is 4.81. The molecule has 2 aromatic rings. The minimum atomic E-state index is 0.855. The molecular formula is C11H13N3S. The van der Waals surface area contributed by atoms with Crippen molar-refractivity contribution in [2.45, 2.75) is 13.8 Å². The smallest absolute Gasteiger partial charge is 0.167 e. The number of anilines is 1. The first-order chi connectivity index (χ1) is 7.24. The van der Waals surface area contributed by atoms with Gasteiger partial charge in [-0.3, -0.25) is 0 Å². The topological polar surface area (TPSA) is 37.8 Å². The highest BCUT2D eigenvalue weighted by molar-refractivity contribution is 6.99. The van der Waals surface area contributed by atoms with Crippen LogP contribution in [0.4, 0.5) is 5.82 Å². The van der Waals surface area contributed by atoms with Gasteiger partial charge < -0.3 is 5.32 Å². The molecule has 4 heteroatoms. The molecule has 1 aromatic carbocycles. The Morgan fingerprint density at radius 2 is 2.00 bits per heavy atom. The first-order valence-corrected chi connectivity index (χ1v) is 5.54. The Bertz CT molecular complexity index is 476.